The molecule has 1 aromatic carbocycles. The molecule has 0 aliphatic carbocycles. The predicted octanol–water partition coefficient (Wildman–Crippen LogP) is 0.854. The van der Waals surface area contributed by atoms with E-state index in [1.54, 1.807) is 22.8 Å². The summed E-state index contributed by atoms with van der Waals surface area (Å²) in [4.78, 5) is 14.9. The van der Waals surface area contributed by atoms with Crippen molar-refractivity contribution in [2.24, 2.45) is 5.73 Å². The number of carbonyl (C=O) groups excluding carboxylic acids is 1. The van der Waals surface area contributed by atoms with Gasteiger partial charge in [0.1, 0.15) is 11.4 Å². The van der Waals surface area contributed by atoms with Crippen LogP contribution in [0, 0.1) is 0 Å². The molecule has 6 heteroatoms. The van der Waals surface area contributed by atoms with Gasteiger partial charge < -0.3 is 20.5 Å². The summed E-state index contributed by atoms with van der Waals surface area (Å²) in [6.07, 6.45) is 4.38. The van der Waals surface area contributed by atoms with Gasteiger partial charge in [0.25, 0.3) is 5.91 Å². The van der Waals surface area contributed by atoms with Crippen LogP contribution in [0.25, 0.3) is 0 Å². The molecular weight excluding hydrogens is 258 g/mol. The smallest absolute Gasteiger partial charge is 0.268 e. The number of benzene rings is 1. The van der Waals surface area contributed by atoms with Crippen LogP contribution in [-0.2, 0) is 6.42 Å². The number of imidazole rings is 1. The van der Waals surface area contributed by atoms with Crippen molar-refractivity contribution in [3.63, 3.8) is 0 Å². The normalized spacial score (nSPS) is 12.2. The second kappa shape index (κ2) is 6.21. The summed E-state index contributed by atoms with van der Waals surface area (Å²) < 4.78 is 1.68. The topological polar surface area (TPSA) is 101 Å². The lowest BCUT2D eigenvalue weighted by molar-refractivity contribution is 0.0995. The predicted molar refractivity (Wildman–Crippen MR) is 73.3 cm³/mol. The molecule has 0 aliphatic heterocycles. The summed E-state index contributed by atoms with van der Waals surface area (Å²) >= 11 is 0. The number of aryl methyl sites for hydroxylation is 1. The monoisotopic (exact) mass is 275 g/mol. The number of carbonyl (C=O) groups is 1. The molecule has 1 amide bonds. The van der Waals surface area contributed by atoms with Crippen LogP contribution in [0.2, 0.25) is 0 Å². The Balaban J connectivity index is 2.03. The highest BCUT2D eigenvalue weighted by Gasteiger charge is 2.13. The molecule has 106 valence electrons. The van der Waals surface area contributed by atoms with Crippen LogP contribution >= 0.6 is 0 Å². The SMILES string of the molecule is NC(=O)c1cn(C(CO)CCc2cccc(O)c2)cn1. The van der Waals surface area contributed by atoms with Gasteiger partial charge in [0.05, 0.1) is 19.0 Å². The fourth-order valence-electron chi connectivity index (χ4n) is 2.04. The number of rotatable bonds is 6. The first-order chi connectivity index (χ1) is 9.60. The lowest BCUT2D eigenvalue weighted by atomic mass is 10.1. The van der Waals surface area contributed by atoms with Crippen molar-refractivity contribution in [3.8, 4) is 5.75 Å². The molecule has 0 bridgehead atoms. The summed E-state index contributed by atoms with van der Waals surface area (Å²) in [5.41, 5.74) is 6.31. The van der Waals surface area contributed by atoms with Crippen LogP contribution in [0.4, 0.5) is 0 Å². The number of phenolic OH excluding ortho intramolecular Hbond substituents is 1. The largest absolute Gasteiger partial charge is 0.508 e. The Hall–Kier alpha value is -2.34. The molecule has 0 fully saturated rings. The van der Waals surface area contributed by atoms with Crippen molar-refractivity contribution < 1.29 is 15.0 Å². The van der Waals surface area contributed by atoms with E-state index in [1.807, 2.05) is 6.07 Å². The average Bonchev–Trinajstić information content (AvgIpc) is 2.89. The third kappa shape index (κ3) is 3.36. The minimum Gasteiger partial charge on any atom is -0.508 e. The Kier molecular flexibility index (Phi) is 4.37. The van der Waals surface area contributed by atoms with Crippen molar-refractivity contribution >= 4 is 5.91 Å². The van der Waals surface area contributed by atoms with E-state index >= 15 is 0 Å². The number of nitrogens with zero attached hydrogens (tertiary/aromatic N) is 2. The molecule has 0 spiro atoms. The maximum atomic E-state index is 11.0. The van der Waals surface area contributed by atoms with Gasteiger partial charge in [0.2, 0.25) is 0 Å². The Morgan fingerprint density at radius 1 is 1.45 bits per heavy atom. The first kappa shape index (κ1) is 14.1. The van der Waals surface area contributed by atoms with E-state index in [4.69, 9.17) is 5.73 Å². The van der Waals surface area contributed by atoms with Gasteiger partial charge in [-0.2, -0.15) is 0 Å². The fourth-order valence-corrected chi connectivity index (χ4v) is 2.04. The van der Waals surface area contributed by atoms with E-state index in [0.29, 0.717) is 12.8 Å². The van der Waals surface area contributed by atoms with Crippen molar-refractivity contribution in [3.05, 3.63) is 48.0 Å². The zero-order valence-electron chi connectivity index (χ0n) is 10.9. The van der Waals surface area contributed by atoms with E-state index in [9.17, 15) is 15.0 Å². The number of aliphatic hydroxyl groups is 1. The van der Waals surface area contributed by atoms with Crippen molar-refractivity contribution in [2.75, 3.05) is 6.61 Å². The molecule has 2 rings (SSSR count). The number of hydrogen-bond acceptors (Lipinski definition) is 4. The summed E-state index contributed by atoms with van der Waals surface area (Å²) in [5, 5.41) is 18.8. The van der Waals surface area contributed by atoms with E-state index in [-0.39, 0.29) is 24.1 Å². The van der Waals surface area contributed by atoms with Crippen LogP contribution in [0.1, 0.15) is 28.5 Å². The number of hydrogen-bond donors (Lipinski definition) is 3. The van der Waals surface area contributed by atoms with E-state index in [2.05, 4.69) is 4.98 Å². The molecule has 1 unspecified atom stereocenters. The molecule has 0 saturated carbocycles. The maximum Gasteiger partial charge on any atom is 0.268 e. The lowest BCUT2D eigenvalue weighted by Crippen LogP contribution is -2.14. The standard InChI is InChI=1S/C14H17N3O3/c15-14(20)13-7-17(9-16-13)11(8-18)5-4-10-2-1-3-12(19)6-10/h1-3,6-7,9,11,18-19H,4-5,8H2,(H2,15,20). The lowest BCUT2D eigenvalue weighted by Gasteiger charge is -2.15. The Morgan fingerprint density at radius 2 is 2.25 bits per heavy atom. The molecule has 1 heterocycles. The van der Waals surface area contributed by atoms with Gasteiger partial charge in [-0.15, -0.1) is 0 Å². The number of phenols is 1. The van der Waals surface area contributed by atoms with Gasteiger partial charge in [-0.1, -0.05) is 12.1 Å². The summed E-state index contributed by atoms with van der Waals surface area (Å²) in [6.45, 7) is -0.0621. The first-order valence-corrected chi connectivity index (χ1v) is 6.32. The second-order valence-electron chi connectivity index (χ2n) is 4.62. The van der Waals surface area contributed by atoms with Gasteiger partial charge in [-0.05, 0) is 30.5 Å². The van der Waals surface area contributed by atoms with Gasteiger partial charge in [-0.3, -0.25) is 4.79 Å². The van der Waals surface area contributed by atoms with Crippen LogP contribution in [0.3, 0.4) is 0 Å². The zero-order valence-corrected chi connectivity index (χ0v) is 10.9. The van der Waals surface area contributed by atoms with Gasteiger partial charge >= 0.3 is 0 Å². The highest BCUT2D eigenvalue weighted by molar-refractivity contribution is 5.90. The summed E-state index contributed by atoms with van der Waals surface area (Å²) in [7, 11) is 0. The van der Waals surface area contributed by atoms with Gasteiger partial charge in [0, 0.05) is 6.20 Å². The van der Waals surface area contributed by atoms with E-state index in [0.717, 1.165) is 5.56 Å². The van der Waals surface area contributed by atoms with Gasteiger partial charge in [0.15, 0.2) is 0 Å². The molecule has 0 radical (unpaired) electrons. The third-order valence-corrected chi connectivity index (χ3v) is 3.16. The molecule has 1 atom stereocenters. The molecule has 6 nitrogen and oxygen atoms in total. The Labute approximate surface area is 116 Å². The zero-order chi connectivity index (χ0) is 14.5. The van der Waals surface area contributed by atoms with Crippen molar-refractivity contribution in [2.45, 2.75) is 18.9 Å². The van der Waals surface area contributed by atoms with Crippen LogP contribution in [0.15, 0.2) is 36.8 Å². The highest BCUT2D eigenvalue weighted by atomic mass is 16.3. The number of amides is 1. The Bertz CT molecular complexity index is 595. The highest BCUT2D eigenvalue weighted by Crippen LogP contribution is 2.18. The van der Waals surface area contributed by atoms with Crippen LogP contribution in [-0.4, -0.2) is 32.3 Å². The molecule has 1 aromatic heterocycles. The molecular formula is C14H17N3O3. The molecule has 0 saturated heterocycles. The summed E-state index contributed by atoms with van der Waals surface area (Å²) in [5.74, 6) is -0.366. The number of primary amides is 1. The maximum absolute atomic E-state index is 11.0. The van der Waals surface area contributed by atoms with E-state index < -0.39 is 5.91 Å². The molecule has 20 heavy (non-hydrogen) atoms. The minimum atomic E-state index is -0.589. The van der Waals surface area contributed by atoms with Crippen molar-refractivity contribution in [1.82, 2.24) is 9.55 Å². The average molecular weight is 275 g/mol. The minimum absolute atomic E-state index is 0.0621. The van der Waals surface area contributed by atoms with E-state index in [1.165, 1.54) is 12.5 Å². The molecule has 4 N–H and O–H groups in total. The van der Waals surface area contributed by atoms with Crippen LogP contribution < -0.4 is 5.73 Å². The first-order valence-electron chi connectivity index (χ1n) is 6.32. The quantitative estimate of drug-likeness (QED) is 0.727. The summed E-state index contributed by atoms with van der Waals surface area (Å²) in [6, 6.07) is 6.81. The number of aliphatic hydroxyl groups excluding tert-OH is 1. The van der Waals surface area contributed by atoms with Gasteiger partial charge in [-0.25, -0.2) is 4.98 Å². The molecule has 2 aromatic rings. The molecule has 0 aliphatic rings. The Morgan fingerprint density at radius 3 is 2.85 bits per heavy atom. The van der Waals surface area contributed by atoms with Crippen LogP contribution in [0.5, 0.6) is 5.75 Å². The number of aromatic hydroxyl groups is 1. The second-order valence-corrected chi connectivity index (χ2v) is 4.62. The number of nitrogens with two attached hydrogens (primary N) is 1. The number of aromatic nitrogens is 2. The third-order valence-electron chi connectivity index (χ3n) is 3.16. The fraction of sp³-hybridized carbons (Fsp3) is 0.286. The van der Waals surface area contributed by atoms with Crippen molar-refractivity contribution in [1.29, 1.82) is 0 Å².